The lowest BCUT2D eigenvalue weighted by Crippen LogP contribution is -2.15. The van der Waals surface area contributed by atoms with E-state index in [4.69, 9.17) is 28.3 Å². The Balaban J connectivity index is 2.53. The standard InChI is InChI=1S/C12H8Cl2N2O4S/c13-7-4-9(12(17)18)11(14)10(5-7)21(19,20)16-8-2-1-3-15-6-8/h1-6,16H,(H,17,18). The highest BCUT2D eigenvalue weighted by molar-refractivity contribution is 7.92. The number of pyridine rings is 1. The van der Waals surface area contributed by atoms with Crippen LogP contribution in [0.1, 0.15) is 10.4 Å². The fourth-order valence-electron chi connectivity index (χ4n) is 1.55. The largest absolute Gasteiger partial charge is 0.478 e. The van der Waals surface area contributed by atoms with Gasteiger partial charge in [-0.1, -0.05) is 23.2 Å². The van der Waals surface area contributed by atoms with Gasteiger partial charge in [0.15, 0.2) is 0 Å². The first-order chi connectivity index (χ1) is 9.81. The quantitative estimate of drug-likeness (QED) is 0.887. The number of halogens is 2. The zero-order valence-electron chi connectivity index (χ0n) is 10.2. The lowest BCUT2D eigenvalue weighted by Gasteiger charge is -2.11. The molecule has 9 heteroatoms. The number of anilines is 1. The van der Waals surface area contributed by atoms with Crippen molar-refractivity contribution in [2.75, 3.05) is 4.72 Å². The Morgan fingerprint density at radius 1 is 1.29 bits per heavy atom. The Morgan fingerprint density at radius 2 is 2.00 bits per heavy atom. The number of carboxylic acid groups (broad SMARTS) is 1. The number of rotatable bonds is 4. The molecule has 0 aliphatic heterocycles. The summed E-state index contributed by atoms with van der Waals surface area (Å²) in [7, 11) is -4.09. The number of nitrogens with zero attached hydrogens (tertiary/aromatic N) is 1. The first-order valence-electron chi connectivity index (χ1n) is 5.46. The van der Waals surface area contributed by atoms with E-state index in [1.165, 1.54) is 18.5 Å². The lowest BCUT2D eigenvalue weighted by atomic mass is 10.2. The van der Waals surface area contributed by atoms with Crippen LogP contribution in [0.4, 0.5) is 5.69 Å². The zero-order chi connectivity index (χ0) is 15.6. The molecule has 1 aromatic carbocycles. The predicted molar refractivity (Wildman–Crippen MR) is 78.5 cm³/mol. The van der Waals surface area contributed by atoms with Crippen LogP contribution in [0.25, 0.3) is 0 Å². The van der Waals surface area contributed by atoms with Crippen molar-refractivity contribution >= 4 is 44.9 Å². The molecule has 2 aromatic rings. The topological polar surface area (TPSA) is 96.4 Å². The first kappa shape index (κ1) is 15.6. The summed E-state index contributed by atoms with van der Waals surface area (Å²) in [6.45, 7) is 0. The Kier molecular flexibility index (Phi) is 4.36. The number of hydrogen-bond acceptors (Lipinski definition) is 4. The molecule has 0 atom stereocenters. The number of sulfonamides is 1. The molecule has 110 valence electrons. The van der Waals surface area contributed by atoms with E-state index in [1.54, 1.807) is 6.07 Å². The van der Waals surface area contributed by atoms with Crippen molar-refractivity contribution in [3.8, 4) is 0 Å². The molecule has 6 nitrogen and oxygen atoms in total. The molecule has 2 rings (SSSR count). The van der Waals surface area contributed by atoms with Gasteiger partial charge in [0.2, 0.25) is 0 Å². The summed E-state index contributed by atoms with van der Waals surface area (Å²) in [4.78, 5) is 14.4. The molecule has 0 amide bonds. The van der Waals surface area contributed by atoms with Gasteiger partial charge < -0.3 is 5.11 Å². The molecule has 0 aliphatic carbocycles. The number of carboxylic acids is 1. The van der Waals surface area contributed by atoms with Crippen LogP contribution in [0.2, 0.25) is 10.0 Å². The number of carbonyl (C=O) groups is 1. The van der Waals surface area contributed by atoms with E-state index in [0.29, 0.717) is 0 Å². The molecule has 21 heavy (non-hydrogen) atoms. The molecule has 1 aromatic heterocycles. The van der Waals surface area contributed by atoms with Crippen LogP contribution in [0.15, 0.2) is 41.6 Å². The molecule has 2 N–H and O–H groups in total. The third-order valence-electron chi connectivity index (χ3n) is 2.44. The first-order valence-corrected chi connectivity index (χ1v) is 7.70. The van der Waals surface area contributed by atoms with Crippen LogP contribution in [0.5, 0.6) is 0 Å². The molecule has 0 fully saturated rings. The summed E-state index contributed by atoms with van der Waals surface area (Å²) in [5.41, 5.74) is -0.179. The molecule has 0 spiro atoms. The molecule has 1 heterocycles. The van der Waals surface area contributed by atoms with Crippen molar-refractivity contribution in [1.82, 2.24) is 4.98 Å². The van der Waals surface area contributed by atoms with Gasteiger partial charge in [0.05, 0.1) is 22.5 Å². The van der Waals surface area contributed by atoms with Gasteiger partial charge in [-0.3, -0.25) is 9.71 Å². The summed E-state index contributed by atoms with van der Waals surface area (Å²) < 4.78 is 26.8. The fraction of sp³-hybridized carbons (Fsp3) is 0. The second kappa shape index (κ2) is 5.88. The molecule has 0 saturated heterocycles. The second-order valence-electron chi connectivity index (χ2n) is 3.92. The smallest absolute Gasteiger partial charge is 0.337 e. The maximum atomic E-state index is 12.3. The molecule has 0 aliphatic rings. The van der Waals surface area contributed by atoms with Gasteiger partial charge >= 0.3 is 5.97 Å². The predicted octanol–water partition coefficient (Wildman–Crippen LogP) is 2.89. The highest BCUT2D eigenvalue weighted by Crippen LogP contribution is 2.30. The van der Waals surface area contributed by atoms with Gasteiger partial charge in [-0.25, -0.2) is 13.2 Å². The SMILES string of the molecule is O=C(O)c1cc(Cl)cc(S(=O)(=O)Nc2cccnc2)c1Cl. The Bertz CT molecular complexity index is 794. The van der Waals surface area contributed by atoms with Crippen molar-refractivity contribution in [2.45, 2.75) is 4.90 Å². The molecular formula is C12H8Cl2N2O4S. The van der Waals surface area contributed by atoms with Crippen molar-refractivity contribution in [2.24, 2.45) is 0 Å². The normalized spacial score (nSPS) is 11.1. The second-order valence-corrected chi connectivity index (χ2v) is 6.38. The van der Waals surface area contributed by atoms with Crippen LogP contribution in [-0.4, -0.2) is 24.5 Å². The van der Waals surface area contributed by atoms with E-state index in [0.717, 1.165) is 12.1 Å². The van der Waals surface area contributed by atoms with E-state index >= 15 is 0 Å². The van der Waals surface area contributed by atoms with E-state index in [9.17, 15) is 13.2 Å². The number of nitrogens with one attached hydrogen (secondary N) is 1. The van der Waals surface area contributed by atoms with Crippen LogP contribution < -0.4 is 4.72 Å². The number of benzene rings is 1. The third-order valence-corrected chi connectivity index (χ3v) is 4.58. The van der Waals surface area contributed by atoms with E-state index in [2.05, 4.69) is 9.71 Å². The van der Waals surface area contributed by atoms with Gasteiger partial charge in [0.25, 0.3) is 10.0 Å². The molecule has 0 unspecified atom stereocenters. The number of aromatic carboxylic acids is 1. The maximum absolute atomic E-state index is 12.3. The van der Waals surface area contributed by atoms with Gasteiger partial charge in [-0.2, -0.15) is 0 Å². The van der Waals surface area contributed by atoms with E-state index in [1.807, 2.05) is 0 Å². The molecule has 0 saturated carbocycles. The van der Waals surface area contributed by atoms with Crippen LogP contribution in [0, 0.1) is 0 Å². The number of hydrogen-bond donors (Lipinski definition) is 2. The zero-order valence-corrected chi connectivity index (χ0v) is 12.6. The van der Waals surface area contributed by atoms with Gasteiger partial charge in [0.1, 0.15) is 4.90 Å². The minimum Gasteiger partial charge on any atom is -0.478 e. The average Bonchev–Trinajstić information content (AvgIpc) is 2.41. The summed E-state index contributed by atoms with van der Waals surface area (Å²) in [5, 5.41) is 8.54. The fourth-order valence-corrected chi connectivity index (χ4v) is 3.50. The summed E-state index contributed by atoms with van der Waals surface area (Å²) >= 11 is 11.6. The number of aromatic nitrogens is 1. The minimum absolute atomic E-state index is 0.0524. The Hall–Kier alpha value is -1.83. The van der Waals surface area contributed by atoms with Gasteiger partial charge in [-0.05, 0) is 24.3 Å². The van der Waals surface area contributed by atoms with Gasteiger partial charge in [-0.15, -0.1) is 0 Å². The molecule has 0 bridgehead atoms. The lowest BCUT2D eigenvalue weighted by molar-refractivity contribution is 0.0697. The summed E-state index contributed by atoms with van der Waals surface area (Å²) in [6.07, 6.45) is 2.78. The van der Waals surface area contributed by atoms with Crippen LogP contribution >= 0.6 is 23.2 Å². The minimum atomic E-state index is -4.09. The highest BCUT2D eigenvalue weighted by Gasteiger charge is 2.23. The van der Waals surface area contributed by atoms with Crippen molar-refractivity contribution < 1.29 is 18.3 Å². The highest BCUT2D eigenvalue weighted by atomic mass is 35.5. The van der Waals surface area contributed by atoms with Crippen molar-refractivity contribution in [1.29, 1.82) is 0 Å². The monoisotopic (exact) mass is 346 g/mol. The van der Waals surface area contributed by atoms with E-state index < -0.39 is 31.5 Å². The summed E-state index contributed by atoms with van der Waals surface area (Å²) in [5.74, 6) is -1.37. The average molecular weight is 347 g/mol. The van der Waals surface area contributed by atoms with Crippen molar-refractivity contribution in [3.05, 3.63) is 52.3 Å². The molecule has 0 radical (unpaired) electrons. The third kappa shape index (κ3) is 3.44. The van der Waals surface area contributed by atoms with E-state index in [-0.39, 0.29) is 10.7 Å². The Labute approximate surface area is 130 Å². The summed E-state index contributed by atoms with van der Waals surface area (Å²) in [6, 6.07) is 5.19. The van der Waals surface area contributed by atoms with Crippen molar-refractivity contribution in [3.63, 3.8) is 0 Å². The Morgan fingerprint density at radius 3 is 2.57 bits per heavy atom. The maximum Gasteiger partial charge on any atom is 0.337 e. The van der Waals surface area contributed by atoms with Gasteiger partial charge in [0, 0.05) is 11.2 Å². The van der Waals surface area contributed by atoms with Crippen LogP contribution in [0.3, 0.4) is 0 Å². The van der Waals surface area contributed by atoms with Crippen LogP contribution in [-0.2, 0) is 10.0 Å². The molecular weight excluding hydrogens is 339 g/mol.